The van der Waals surface area contributed by atoms with Crippen LogP contribution in [-0.4, -0.2) is 45.8 Å². The van der Waals surface area contributed by atoms with Crippen LogP contribution in [0.3, 0.4) is 0 Å². The van der Waals surface area contributed by atoms with Gasteiger partial charge in [-0.2, -0.15) is 0 Å². The number of hydrogen-bond donors (Lipinski definition) is 1. The molecule has 27 heavy (non-hydrogen) atoms. The van der Waals surface area contributed by atoms with Gasteiger partial charge < -0.3 is 10.2 Å². The fraction of sp³-hybridized carbons (Fsp3) is 0.450. The van der Waals surface area contributed by atoms with E-state index in [9.17, 15) is 9.59 Å². The molecule has 2 heterocycles. The molecule has 1 fully saturated rings. The van der Waals surface area contributed by atoms with Crippen molar-refractivity contribution in [3.63, 3.8) is 0 Å². The normalized spacial score (nSPS) is 16.9. The summed E-state index contributed by atoms with van der Waals surface area (Å²) in [5, 5.41) is 5.35. The van der Waals surface area contributed by atoms with E-state index in [0.29, 0.717) is 16.9 Å². The molecule has 5 nitrogen and oxygen atoms in total. The second kappa shape index (κ2) is 9.90. The topological polar surface area (TPSA) is 62.3 Å². The molecule has 2 amide bonds. The number of amides is 2. The molecule has 0 aliphatic carbocycles. The zero-order chi connectivity index (χ0) is 19.1. The van der Waals surface area contributed by atoms with Crippen LogP contribution in [0.1, 0.15) is 32.6 Å². The van der Waals surface area contributed by atoms with Gasteiger partial charge in [0.25, 0.3) is 0 Å². The minimum absolute atomic E-state index is 0.118. The number of carbonyl (C=O) groups is 2. The van der Waals surface area contributed by atoms with Gasteiger partial charge in [0.2, 0.25) is 11.8 Å². The molecular weight excluding hydrogens is 378 g/mol. The Labute approximate surface area is 168 Å². The zero-order valence-electron chi connectivity index (χ0n) is 15.5. The number of benzene rings is 1. The molecule has 1 aromatic heterocycles. The molecule has 0 spiro atoms. The molecule has 144 valence electrons. The SMILES string of the molecule is CCC1CCCCN1C(=O)CSCC(=O)Nc1nc(-c2ccccc2)cs1. The first kappa shape index (κ1) is 19.9. The lowest BCUT2D eigenvalue weighted by atomic mass is 10.0. The predicted molar refractivity (Wildman–Crippen MR) is 113 cm³/mol. The number of likely N-dealkylation sites (tertiary alicyclic amines) is 1. The highest BCUT2D eigenvalue weighted by Crippen LogP contribution is 2.25. The maximum absolute atomic E-state index is 12.4. The Morgan fingerprint density at radius 3 is 2.85 bits per heavy atom. The number of carbonyl (C=O) groups excluding carboxylic acids is 2. The molecule has 0 bridgehead atoms. The van der Waals surface area contributed by atoms with E-state index in [2.05, 4.69) is 17.2 Å². The van der Waals surface area contributed by atoms with Crippen molar-refractivity contribution in [3.8, 4) is 11.3 Å². The summed E-state index contributed by atoms with van der Waals surface area (Å²) in [7, 11) is 0. The number of thiazole rings is 1. The molecule has 7 heteroatoms. The number of rotatable bonds is 7. The molecule has 1 atom stereocenters. The van der Waals surface area contributed by atoms with E-state index in [4.69, 9.17) is 0 Å². The molecule has 0 saturated carbocycles. The molecule has 1 aliphatic heterocycles. The molecular formula is C20H25N3O2S2. The van der Waals surface area contributed by atoms with Gasteiger partial charge in [-0.15, -0.1) is 23.1 Å². The Balaban J connectivity index is 1.43. The van der Waals surface area contributed by atoms with Crippen LogP contribution >= 0.6 is 23.1 Å². The van der Waals surface area contributed by atoms with Crippen LogP contribution in [0, 0.1) is 0 Å². The second-order valence-electron chi connectivity index (χ2n) is 6.59. The molecule has 1 N–H and O–H groups in total. The van der Waals surface area contributed by atoms with Crippen molar-refractivity contribution in [1.29, 1.82) is 0 Å². The smallest absolute Gasteiger partial charge is 0.236 e. The number of nitrogens with zero attached hydrogens (tertiary/aromatic N) is 2. The maximum atomic E-state index is 12.4. The van der Waals surface area contributed by atoms with Crippen LogP contribution in [-0.2, 0) is 9.59 Å². The number of piperidine rings is 1. The number of hydrogen-bond acceptors (Lipinski definition) is 5. The van der Waals surface area contributed by atoms with Gasteiger partial charge in [-0.3, -0.25) is 9.59 Å². The van der Waals surface area contributed by atoms with Gasteiger partial charge in [-0.1, -0.05) is 37.3 Å². The largest absolute Gasteiger partial charge is 0.339 e. The van der Waals surface area contributed by atoms with E-state index < -0.39 is 0 Å². The molecule has 1 aliphatic rings. The third-order valence-corrected chi connectivity index (χ3v) is 6.37. The summed E-state index contributed by atoms with van der Waals surface area (Å²) in [5.41, 5.74) is 1.88. The highest BCUT2D eigenvalue weighted by molar-refractivity contribution is 8.00. The number of anilines is 1. The van der Waals surface area contributed by atoms with Crippen molar-refractivity contribution in [1.82, 2.24) is 9.88 Å². The first-order chi connectivity index (χ1) is 13.2. The fourth-order valence-corrected chi connectivity index (χ4v) is 4.73. The Morgan fingerprint density at radius 2 is 2.07 bits per heavy atom. The predicted octanol–water partition coefficient (Wildman–Crippen LogP) is 4.27. The van der Waals surface area contributed by atoms with Gasteiger partial charge in [0, 0.05) is 23.5 Å². The van der Waals surface area contributed by atoms with E-state index in [1.54, 1.807) is 0 Å². The number of aromatic nitrogens is 1. The molecule has 0 radical (unpaired) electrons. The van der Waals surface area contributed by atoms with E-state index in [0.717, 1.165) is 37.1 Å². The Kier molecular flexibility index (Phi) is 7.29. The summed E-state index contributed by atoms with van der Waals surface area (Å²) in [6.45, 7) is 2.99. The first-order valence-electron chi connectivity index (χ1n) is 9.35. The Morgan fingerprint density at radius 1 is 1.26 bits per heavy atom. The van der Waals surface area contributed by atoms with E-state index in [1.807, 2.05) is 40.6 Å². The van der Waals surface area contributed by atoms with Crippen LogP contribution in [0.4, 0.5) is 5.13 Å². The Hall–Kier alpha value is -1.86. The first-order valence-corrected chi connectivity index (χ1v) is 11.4. The van der Waals surface area contributed by atoms with Crippen molar-refractivity contribution >= 4 is 40.0 Å². The average molecular weight is 404 g/mol. The highest BCUT2D eigenvalue weighted by atomic mass is 32.2. The number of nitrogens with one attached hydrogen (secondary N) is 1. The molecule has 1 aromatic carbocycles. The zero-order valence-corrected chi connectivity index (χ0v) is 17.2. The lowest BCUT2D eigenvalue weighted by Crippen LogP contribution is -2.44. The van der Waals surface area contributed by atoms with Gasteiger partial charge in [-0.25, -0.2) is 4.98 Å². The fourth-order valence-electron chi connectivity index (χ4n) is 3.30. The van der Waals surface area contributed by atoms with Crippen LogP contribution in [0.15, 0.2) is 35.7 Å². The van der Waals surface area contributed by atoms with Gasteiger partial charge in [0.05, 0.1) is 17.2 Å². The van der Waals surface area contributed by atoms with Gasteiger partial charge in [0.1, 0.15) is 0 Å². The van der Waals surface area contributed by atoms with Gasteiger partial charge >= 0.3 is 0 Å². The minimum atomic E-state index is -0.118. The lowest BCUT2D eigenvalue weighted by molar-refractivity contribution is -0.132. The molecule has 3 rings (SSSR count). The maximum Gasteiger partial charge on any atom is 0.236 e. The van der Waals surface area contributed by atoms with Crippen molar-refractivity contribution in [2.75, 3.05) is 23.4 Å². The van der Waals surface area contributed by atoms with Gasteiger partial charge in [-0.05, 0) is 25.7 Å². The molecule has 2 aromatic rings. The van der Waals surface area contributed by atoms with E-state index in [-0.39, 0.29) is 17.6 Å². The number of thioether (sulfide) groups is 1. The summed E-state index contributed by atoms with van der Waals surface area (Å²) in [5.74, 6) is 0.653. The van der Waals surface area contributed by atoms with Crippen LogP contribution in [0.2, 0.25) is 0 Å². The standard InChI is InChI=1S/C20H25N3O2S2/c1-2-16-10-6-7-11-23(16)19(25)14-26-13-18(24)22-20-21-17(12-27-20)15-8-4-3-5-9-15/h3-5,8-9,12,16H,2,6-7,10-11,13-14H2,1H3,(H,21,22,24). The summed E-state index contributed by atoms with van der Waals surface area (Å²) in [4.78, 5) is 31.0. The summed E-state index contributed by atoms with van der Waals surface area (Å²) in [6.07, 6.45) is 4.39. The summed E-state index contributed by atoms with van der Waals surface area (Å²) < 4.78 is 0. The Bertz CT molecular complexity index is 764. The quantitative estimate of drug-likeness (QED) is 0.750. The second-order valence-corrected chi connectivity index (χ2v) is 8.43. The third kappa shape index (κ3) is 5.56. The minimum Gasteiger partial charge on any atom is -0.339 e. The lowest BCUT2D eigenvalue weighted by Gasteiger charge is -2.35. The summed E-state index contributed by atoms with van der Waals surface area (Å²) in [6, 6.07) is 10.2. The highest BCUT2D eigenvalue weighted by Gasteiger charge is 2.25. The van der Waals surface area contributed by atoms with E-state index >= 15 is 0 Å². The van der Waals surface area contributed by atoms with Crippen molar-refractivity contribution in [2.45, 2.75) is 38.6 Å². The van der Waals surface area contributed by atoms with E-state index in [1.165, 1.54) is 29.5 Å². The average Bonchev–Trinajstić information content (AvgIpc) is 3.17. The van der Waals surface area contributed by atoms with Gasteiger partial charge in [0.15, 0.2) is 5.13 Å². The summed E-state index contributed by atoms with van der Waals surface area (Å²) >= 11 is 2.78. The van der Waals surface area contributed by atoms with Crippen LogP contribution < -0.4 is 5.32 Å². The van der Waals surface area contributed by atoms with Crippen molar-refractivity contribution < 1.29 is 9.59 Å². The van der Waals surface area contributed by atoms with Crippen molar-refractivity contribution in [3.05, 3.63) is 35.7 Å². The van der Waals surface area contributed by atoms with Crippen LogP contribution in [0.5, 0.6) is 0 Å². The third-order valence-electron chi connectivity index (χ3n) is 4.70. The van der Waals surface area contributed by atoms with Crippen LogP contribution in [0.25, 0.3) is 11.3 Å². The molecule has 1 unspecified atom stereocenters. The molecule has 1 saturated heterocycles. The monoisotopic (exact) mass is 403 g/mol. The van der Waals surface area contributed by atoms with Crippen molar-refractivity contribution in [2.24, 2.45) is 0 Å².